The largest absolute Gasteiger partial charge is 0.338 e. The van der Waals surface area contributed by atoms with Crippen molar-refractivity contribution in [1.82, 2.24) is 25.0 Å². The predicted molar refractivity (Wildman–Crippen MR) is 104 cm³/mol. The van der Waals surface area contributed by atoms with Crippen LogP contribution in [0, 0.1) is 18.8 Å². The van der Waals surface area contributed by atoms with Gasteiger partial charge in [-0.15, -0.1) is 0 Å². The van der Waals surface area contributed by atoms with E-state index in [4.69, 9.17) is 4.52 Å². The molecule has 3 aromatic rings. The number of aromatic nitrogens is 4. The lowest BCUT2D eigenvalue weighted by Crippen LogP contribution is -2.38. The van der Waals surface area contributed by atoms with Crippen LogP contribution in [-0.4, -0.2) is 38.1 Å². The maximum Gasteiger partial charge on any atom is 0.241 e. The molecule has 6 heteroatoms. The zero-order valence-corrected chi connectivity index (χ0v) is 16.1. The van der Waals surface area contributed by atoms with Gasteiger partial charge >= 0.3 is 0 Å². The maximum absolute atomic E-state index is 5.50. The van der Waals surface area contributed by atoms with Gasteiger partial charge in [-0.05, 0) is 31.2 Å². The summed E-state index contributed by atoms with van der Waals surface area (Å²) in [6, 6.07) is 9.98. The number of nitrogens with zero attached hydrogens (tertiary/aromatic N) is 5. The Bertz CT molecular complexity index is 895. The Hall–Kier alpha value is -2.60. The zero-order valence-electron chi connectivity index (χ0n) is 16.1. The highest BCUT2D eigenvalue weighted by atomic mass is 16.5. The number of benzene rings is 1. The first-order valence-electron chi connectivity index (χ1n) is 9.52. The van der Waals surface area contributed by atoms with Crippen LogP contribution in [-0.2, 0) is 6.54 Å². The molecule has 1 aromatic carbocycles. The minimum atomic E-state index is 0.633. The molecule has 27 heavy (non-hydrogen) atoms. The van der Waals surface area contributed by atoms with Crippen LogP contribution in [0.15, 0.2) is 41.1 Å². The van der Waals surface area contributed by atoms with E-state index < -0.39 is 0 Å². The number of hydrogen-bond acceptors (Lipinski definition) is 6. The molecule has 1 aliphatic heterocycles. The minimum Gasteiger partial charge on any atom is -0.338 e. The number of hydrogen-bond donors (Lipinski definition) is 0. The van der Waals surface area contributed by atoms with E-state index in [0.29, 0.717) is 23.6 Å². The van der Waals surface area contributed by atoms with Gasteiger partial charge in [0.15, 0.2) is 0 Å². The average molecular weight is 363 g/mol. The molecule has 0 saturated carbocycles. The van der Waals surface area contributed by atoms with Crippen LogP contribution in [0.2, 0.25) is 0 Å². The second-order valence-corrected chi connectivity index (χ2v) is 7.72. The lowest BCUT2D eigenvalue weighted by atomic mass is 9.92. The van der Waals surface area contributed by atoms with E-state index in [-0.39, 0.29) is 0 Å². The van der Waals surface area contributed by atoms with Crippen molar-refractivity contribution < 1.29 is 4.52 Å². The molecule has 1 saturated heterocycles. The van der Waals surface area contributed by atoms with E-state index in [0.717, 1.165) is 42.3 Å². The summed E-state index contributed by atoms with van der Waals surface area (Å²) in [5.41, 5.74) is 2.90. The lowest BCUT2D eigenvalue weighted by Gasteiger charge is -2.33. The molecule has 0 N–H and O–H groups in total. The van der Waals surface area contributed by atoms with Crippen molar-refractivity contribution in [2.24, 2.45) is 11.8 Å². The molecule has 4 rings (SSSR count). The van der Waals surface area contributed by atoms with Gasteiger partial charge < -0.3 is 4.52 Å². The number of rotatable bonds is 4. The molecule has 0 bridgehead atoms. The van der Waals surface area contributed by atoms with E-state index in [1.807, 2.05) is 37.3 Å². The monoisotopic (exact) mass is 363 g/mol. The summed E-state index contributed by atoms with van der Waals surface area (Å²) in [6.45, 7) is 9.41. The van der Waals surface area contributed by atoms with Crippen LogP contribution >= 0.6 is 0 Å². The average Bonchev–Trinajstić information content (AvgIpc) is 3.09. The van der Waals surface area contributed by atoms with Crippen molar-refractivity contribution in [2.45, 2.75) is 33.7 Å². The summed E-state index contributed by atoms with van der Waals surface area (Å²) in [6.07, 6.45) is 3.07. The third-order valence-electron chi connectivity index (χ3n) is 4.99. The maximum atomic E-state index is 5.50. The highest BCUT2D eigenvalue weighted by Crippen LogP contribution is 2.24. The number of aryl methyl sites for hydroxylation is 1. The van der Waals surface area contributed by atoms with Gasteiger partial charge in [0, 0.05) is 30.4 Å². The van der Waals surface area contributed by atoms with Crippen molar-refractivity contribution >= 4 is 0 Å². The Balaban J connectivity index is 1.47. The molecule has 140 valence electrons. The van der Waals surface area contributed by atoms with Gasteiger partial charge in [-0.3, -0.25) is 4.90 Å². The van der Waals surface area contributed by atoms with E-state index in [2.05, 4.69) is 38.9 Å². The lowest BCUT2D eigenvalue weighted by molar-refractivity contribution is 0.121. The Morgan fingerprint density at radius 1 is 1.00 bits per heavy atom. The molecule has 2 atom stereocenters. The summed E-state index contributed by atoms with van der Waals surface area (Å²) >= 11 is 0. The predicted octanol–water partition coefficient (Wildman–Crippen LogP) is 3.98. The van der Waals surface area contributed by atoms with Gasteiger partial charge in [0.1, 0.15) is 5.82 Å². The Morgan fingerprint density at radius 3 is 2.41 bits per heavy atom. The van der Waals surface area contributed by atoms with Crippen molar-refractivity contribution in [2.75, 3.05) is 13.1 Å². The van der Waals surface area contributed by atoms with E-state index in [9.17, 15) is 0 Å². The van der Waals surface area contributed by atoms with Gasteiger partial charge in [-0.25, -0.2) is 9.97 Å². The summed E-state index contributed by atoms with van der Waals surface area (Å²) in [7, 11) is 0. The molecule has 6 nitrogen and oxygen atoms in total. The molecule has 0 radical (unpaired) electrons. The molecule has 1 aliphatic rings. The standard InChI is InChI=1S/C21H25N5O/c1-14-10-15(2)12-26(11-14)13-20-24-21(25-27-20)18-6-4-17(5-7-18)19-8-9-22-16(3)23-19/h4-9,14-15H,10-13H2,1-3H3/t14-,15-/m0/s1. The zero-order chi connectivity index (χ0) is 18.8. The summed E-state index contributed by atoms with van der Waals surface area (Å²) in [4.78, 5) is 15.6. The first kappa shape index (κ1) is 17.8. The minimum absolute atomic E-state index is 0.633. The van der Waals surface area contributed by atoms with Crippen LogP contribution in [0.25, 0.3) is 22.6 Å². The molecule has 2 aromatic heterocycles. The fourth-order valence-electron chi connectivity index (χ4n) is 3.96. The normalized spacial score (nSPS) is 20.7. The smallest absolute Gasteiger partial charge is 0.241 e. The molecule has 0 aliphatic carbocycles. The van der Waals surface area contributed by atoms with Gasteiger partial charge in [0.25, 0.3) is 0 Å². The van der Waals surface area contributed by atoms with E-state index >= 15 is 0 Å². The van der Waals surface area contributed by atoms with E-state index in [1.165, 1.54) is 6.42 Å². The van der Waals surface area contributed by atoms with Crippen LogP contribution in [0.5, 0.6) is 0 Å². The SMILES string of the molecule is Cc1nccc(-c2ccc(-c3noc(CN4C[C@@H](C)C[C@H](C)C4)n3)cc2)n1. The second-order valence-electron chi connectivity index (χ2n) is 7.72. The third-order valence-corrected chi connectivity index (χ3v) is 4.99. The van der Waals surface area contributed by atoms with Gasteiger partial charge in [-0.2, -0.15) is 4.98 Å². The molecular weight excluding hydrogens is 338 g/mol. The molecule has 3 heterocycles. The molecule has 1 fully saturated rings. The van der Waals surface area contributed by atoms with Gasteiger partial charge in [0.2, 0.25) is 11.7 Å². The molecule has 0 unspecified atom stereocenters. The Kier molecular flexibility index (Phi) is 4.99. The summed E-state index contributed by atoms with van der Waals surface area (Å²) in [5, 5.41) is 4.17. The fourth-order valence-corrected chi connectivity index (χ4v) is 3.96. The van der Waals surface area contributed by atoms with Gasteiger partial charge in [0.05, 0.1) is 12.2 Å². The number of likely N-dealkylation sites (tertiary alicyclic amines) is 1. The van der Waals surface area contributed by atoms with Crippen molar-refractivity contribution in [3.05, 3.63) is 48.2 Å². The third kappa shape index (κ3) is 4.22. The first-order chi connectivity index (χ1) is 13.1. The molecule has 0 amide bonds. The van der Waals surface area contributed by atoms with Crippen LogP contribution < -0.4 is 0 Å². The van der Waals surface area contributed by atoms with Crippen molar-refractivity contribution in [3.63, 3.8) is 0 Å². The van der Waals surface area contributed by atoms with Gasteiger partial charge in [-0.1, -0.05) is 43.3 Å². The van der Waals surface area contributed by atoms with Crippen molar-refractivity contribution in [3.8, 4) is 22.6 Å². The van der Waals surface area contributed by atoms with E-state index in [1.54, 1.807) is 6.20 Å². The first-order valence-corrected chi connectivity index (χ1v) is 9.52. The highest BCUT2D eigenvalue weighted by Gasteiger charge is 2.23. The van der Waals surface area contributed by atoms with Crippen molar-refractivity contribution in [1.29, 1.82) is 0 Å². The Morgan fingerprint density at radius 2 is 1.70 bits per heavy atom. The highest BCUT2D eigenvalue weighted by molar-refractivity contribution is 5.64. The second kappa shape index (κ2) is 7.56. The molecular formula is C21H25N5O. The summed E-state index contributed by atoms with van der Waals surface area (Å²) in [5.74, 6) is 3.51. The van der Waals surface area contributed by atoms with Crippen LogP contribution in [0.3, 0.4) is 0 Å². The topological polar surface area (TPSA) is 67.9 Å². The van der Waals surface area contributed by atoms with Crippen LogP contribution in [0.4, 0.5) is 0 Å². The summed E-state index contributed by atoms with van der Waals surface area (Å²) < 4.78 is 5.50. The fraction of sp³-hybridized carbons (Fsp3) is 0.429. The Labute approximate surface area is 159 Å². The van der Waals surface area contributed by atoms with Crippen LogP contribution in [0.1, 0.15) is 32.0 Å². The number of piperidine rings is 1. The molecule has 0 spiro atoms. The quantitative estimate of drug-likeness (QED) is 0.698.